The molecule has 0 spiro atoms. The highest BCUT2D eigenvalue weighted by Gasteiger charge is 2.28. The highest BCUT2D eigenvalue weighted by Crippen LogP contribution is 2.21. The van der Waals surface area contributed by atoms with E-state index in [1.807, 2.05) is 51.1 Å². The molecule has 1 atom stereocenters. The highest BCUT2D eigenvalue weighted by molar-refractivity contribution is 6.30. The van der Waals surface area contributed by atoms with Crippen LogP contribution in [0.1, 0.15) is 45.2 Å². The molecule has 0 aromatic heterocycles. The highest BCUT2D eigenvalue weighted by atomic mass is 35.5. The summed E-state index contributed by atoms with van der Waals surface area (Å²) < 4.78 is 0. The number of halogens is 1. The van der Waals surface area contributed by atoms with Gasteiger partial charge in [-0.2, -0.15) is 0 Å². The van der Waals surface area contributed by atoms with Crippen LogP contribution in [0, 0.1) is 0 Å². The Labute approximate surface area is 195 Å². The SMILES string of the molecule is C[C@H](C(=O)NC(C)(C)C)N(Cc1ccc(Cl)cc1)C(=O)CCc1cccc2ccccc12. The Morgan fingerprint density at radius 1 is 0.969 bits per heavy atom. The normalized spacial score (nSPS) is 12.4. The molecule has 0 aliphatic heterocycles. The Morgan fingerprint density at radius 3 is 2.31 bits per heavy atom. The van der Waals surface area contributed by atoms with Crippen molar-refractivity contribution >= 4 is 34.2 Å². The van der Waals surface area contributed by atoms with Crippen LogP contribution in [0.2, 0.25) is 5.02 Å². The van der Waals surface area contributed by atoms with Gasteiger partial charge in [0.1, 0.15) is 6.04 Å². The third-order valence-electron chi connectivity index (χ3n) is 5.42. The van der Waals surface area contributed by atoms with Crippen molar-refractivity contribution in [1.29, 1.82) is 0 Å². The van der Waals surface area contributed by atoms with Crippen LogP contribution in [0.15, 0.2) is 66.7 Å². The van der Waals surface area contributed by atoms with E-state index in [9.17, 15) is 9.59 Å². The zero-order valence-electron chi connectivity index (χ0n) is 19.2. The van der Waals surface area contributed by atoms with Crippen molar-refractivity contribution < 1.29 is 9.59 Å². The Bertz CT molecular complexity index is 1080. The molecular weight excluding hydrogens is 420 g/mol. The van der Waals surface area contributed by atoms with Crippen molar-refractivity contribution in [3.8, 4) is 0 Å². The smallest absolute Gasteiger partial charge is 0.242 e. The molecule has 0 bridgehead atoms. The molecule has 32 heavy (non-hydrogen) atoms. The van der Waals surface area contributed by atoms with E-state index in [2.05, 4.69) is 29.6 Å². The number of rotatable bonds is 7. The van der Waals surface area contributed by atoms with E-state index < -0.39 is 6.04 Å². The van der Waals surface area contributed by atoms with Gasteiger partial charge in [0.05, 0.1) is 0 Å². The molecule has 0 aliphatic rings. The van der Waals surface area contributed by atoms with Crippen LogP contribution in [0.5, 0.6) is 0 Å². The number of carbonyl (C=O) groups is 2. The maximum Gasteiger partial charge on any atom is 0.242 e. The van der Waals surface area contributed by atoms with Crippen molar-refractivity contribution in [1.82, 2.24) is 10.2 Å². The van der Waals surface area contributed by atoms with Crippen LogP contribution in [-0.4, -0.2) is 28.3 Å². The molecule has 0 saturated heterocycles. The number of hydrogen-bond donors (Lipinski definition) is 1. The Kier molecular flexibility index (Phi) is 7.57. The molecule has 3 aromatic rings. The van der Waals surface area contributed by atoms with Crippen LogP contribution in [0.25, 0.3) is 10.8 Å². The van der Waals surface area contributed by atoms with E-state index in [1.54, 1.807) is 24.0 Å². The molecule has 0 heterocycles. The molecule has 0 radical (unpaired) electrons. The first-order valence-electron chi connectivity index (χ1n) is 11.0. The van der Waals surface area contributed by atoms with Gasteiger partial charge >= 0.3 is 0 Å². The maximum absolute atomic E-state index is 13.4. The second-order valence-corrected chi connectivity index (χ2v) is 9.64. The van der Waals surface area contributed by atoms with E-state index in [0.29, 0.717) is 24.4 Å². The molecule has 1 N–H and O–H groups in total. The lowest BCUT2D eigenvalue weighted by Gasteiger charge is -2.31. The molecule has 0 unspecified atom stereocenters. The lowest BCUT2D eigenvalue weighted by molar-refractivity contribution is -0.141. The Hall–Kier alpha value is -2.85. The number of aryl methyl sites for hydroxylation is 1. The van der Waals surface area contributed by atoms with Crippen LogP contribution in [0.3, 0.4) is 0 Å². The van der Waals surface area contributed by atoms with Gasteiger partial charge in [-0.05, 0) is 68.1 Å². The topological polar surface area (TPSA) is 49.4 Å². The molecule has 0 saturated carbocycles. The summed E-state index contributed by atoms with van der Waals surface area (Å²) in [4.78, 5) is 27.9. The monoisotopic (exact) mass is 450 g/mol. The second-order valence-electron chi connectivity index (χ2n) is 9.20. The summed E-state index contributed by atoms with van der Waals surface area (Å²) in [5.74, 6) is -0.214. The summed E-state index contributed by atoms with van der Waals surface area (Å²) >= 11 is 6.02. The van der Waals surface area contributed by atoms with Gasteiger partial charge in [0.25, 0.3) is 0 Å². The first-order chi connectivity index (χ1) is 15.1. The fourth-order valence-electron chi connectivity index (χ4n) is 3.74. The van der Waals surface area contributed by atoms with Gasteiger partial charge in [0.15, 0.2) is 0 Å². The van der Waals surface area contributed by atoms with Crippen molar-refractivity contribution in [3.63, 3.8) is 0 Å². The van der Waals surface area contributed by atoms with Gasteiger partial charge in [-0.25, -0.2) is 0 Å². The van der Waals surface area contributed by atoms with E-state index in [-0.39, 0.29) is 17.4 Å². The minimum atomic E-state index is -0.593. The summed E-state index contributed by atoms with van der Waals surface area (Å²) in [6.07, 6.45) is 0.944. The molecule has 168 valence electrons. The zero-order valence-corrected chi connectivity index (χ0v) is 19.9. The third-order valence-corrected chi connectivity index (χ3v) is 5.67. The average molecular weight is 451 g/mol. The summed E-state index contributed by atoms with van der Waals surface area (Å²) in [5.41, 5.74) is 1.70. The van der Waals surface area contributed by atoms with Crippen molar-refractivity contribution in [2.24, 2.45) is 0 Å². The van der Waals surface area contributed by atoms with Gasteiger partial charge < -0.3 is 10.2 Å². The van der Waals surface area contributed by atoms with Crippen molar-refractivity contribution in [2.75, 3.05) is 0 Å². The summed E-state index contributed by atoms with van der Waals surface area (Å²) in [6.45, 7) is 7.94. The summed E-state index contributed by atoms with van der Waals surface area (Å²) in [7, 11) is 0. The van der Waals surface area contributed by atoms with Gasteiger partial charge in [-0.3, -0.25) is 9.59 Å². The number of benzene rings is 3. The molecule has 5 heteroatoms. The predicted molar refractivity (Wildman–Crippen MR) is 132 cm³/mol. The minimum Gasteiger partial charge on any atom is -0.350 e. The lowest BCUT2D eigenvalue weighted by atomic mass is 10.0. The van der Waals surface area contributed by atoms with Gasteiger partial charge in [0.2, 0.25) is 11.8 Å². The van der Waals surface area contributed by atoms with E-state index in [1.165, 1.54) is 0 Å². The standard InChI is InChI=1S/C27H31ClN2O2/c1-19(26(32)29-27(2,3)4)30(18-20-12-15-23(28)16-13-20)25(31)17-14-22-10-7-9-21-8-5-6-11-24(21)22/h5-13,15-16,19H,14,17-18H2,1-4H3,(H,29,32)/t19-/m1/s1. The van der Waals surface area contributed by atoms with Crippen LogP contribution in [0.4, 0.5) is 0 Å². The maximum atomic E-state index is 13.4. The van der Waals surface area contributed by atoms with Gasteiger partial charge in [-0.15, -0.1) is 0 Å². The first-order valence-corrected chi connectivity index (χ1v) is 11.3. The van der Waals surface area contributed by atoms with Crippen LogP contribution >= 0.6 is 11.6 Å². The number of hydrogen-bond acceptors (Lipinski definition) is 2. The van der Waals surface area contributed by atoms with E-state index >= 15 is 0 Å². The molecule has 3 aromatic carbocycles. The largest absolute Gasteiger partial charge is 0.350 e. The summed E-state index contributed by atoms with van der Waals surface area (Å²) in [6, 6.07) is 21.1. The molecule has 4 nitrogen and oxygen atoms in total. The first kappa shape index (κ1) is 23.8. The Morgan fingerprint density at radius 2 is 1.62 bits per heavy atom. The number of amides is 2. The molecule has 0 fully saturated rings. The number of nitrogens with one attached hydrogen (secondary N) is 1. The molecule has 0 aliphatic carbocycles. The number of carbonyl (C=O) groups excluding carboxylic acids is 2. The molecular formula is C27H31ClN2O2. The average Bonchev–Trinajstić information content (AvgIpc) is 2.75. The van der Waals surface area contributed by atoms with Crippen LogP contribution in [-0.2, 0) is 22.6 Å². The number of fused-ring (bicyclic) bond motifs is 1. The summed E-state index contributed by atoms with van der Waals surface area (Å²) in [5, 5.41) is 5.95. The minimum absolute atomic E-state index is 0.0514. The zero-order chi connectivity index (χ0) is 23.3. The molecule has 3 rings (SSSR count). The van der Waals surface area contributed by atoms with Crippen molar-refractivity contribution in [3.05, 3.63) is 82.9 Å². The Balaban J connectivity index is 1.80. The fraction of sp³-hybridized carbons (Fsp3) is 0.333. The van der Waals surface area contributed by atoms with Crippen LogP contribution < -0.4 is 5.32 Å². The second kappa shape index (κ2) is 10.2. The fourth-order valence-corrected chi connectivity index (χ4v) is 3.86. The van der Waals surface area contributed by atoms with E-state index in [0.717, 1.165) is 21.9 Å². The molecule has 2 amide bonds. The lowest BCUT2D eigenvalue weighted by Crippen LogP contribution is -2.52. The van der Waals surface area contributed by atoms with Gasteiger partial charge in [-0.1, -0.05) is 66.2 Å². The number of nitrogens with zero attached hydrogens (tertiary/aromatic N) is 1. The van der Waals surface area contributed by atoms with Gasteiger partial charge in [0, 0.05) is 23.5 Å². The quantitative estimate of drug-likeness (QED) is 0.497. The van der Waals surface area contributed by atoms with E-state index in [4.69, 9.17) is 11.6 Å². The third kappa shape index (κ3) is 6.33. The predicted octanol–water partition coefficient (Wildman–Crippen LogP) is 5.76. The van der Waals surface area contributed by atoms with Crippen molar-refractivity contribution in [2.45, 2.75) is 58.7 Å².